The third kappa shape index (κ3) is 7.22. The van der Waals surface area contributed by atoms with Crippen molar-refractivity contribution < 1.29 is 14.3 Å². The van der Waals surface area contributed by atoms with Crippen molar-refractivity contribution in [2.75, 3.05) is 44.7 Å². The molecule has 2 aromatic rings. The molecule has 31 heavy (non-hydrogen) atoms. The minimum Gasteiger partial charge on any atom is -0.490 e. The molecule has 3 rings (SSSR count). The molecule has 1 atom stereocenters. The van der Waals surface area contributed by atoms with Crippen LogP contribution in [0.15, 0.2) is 48.8 Å². The Kier molecular flexibility index (Phi) is 9.12. The molecule has 1 aromatic carbocycles. The number of urea groups is 1. The minimum atomic E-state index is -0.167. The number of para-hydroxylation sites is 2. The molecule has 2 heterocycles. The van der Waals surface area contributed by atoms with Crippen LogP contribution in [0.25, 0.3) is 0 Å². The van der Waals surface area contributed by atoms with Crippen molar-refractivity contribution >= 4 is 11.7 Å². The maximum atomic E-state index is 13.2. The Morgan fingerprint density at radius 1 is 1.23 bits per heavy atom. The molecule has 1 aliphatic heterocycles. The molecule has 1 aromatic heterocycles. The van der Waals surface area contributed by atoms with E-state index in [1.807, 2.05) is 36.4 Å². The number of likely N-dealkylation sites (N-methyl/N-ethyl adjacent to an activating group) is 1. The summed E-state index contributed by atoms with van der Waals surface area (Å²) in [4.78, 5) is 21.5. The number of aromatic nitrogens is 1. The first kappa shape index (κ1) is 23.0. The molecule has 1 unspecified atom stereocenters. The van der Waals surface area contributed by atoms with Gasteiger partial charge in [-0.2, -0.15) is 0 Å². The third-order valence-corrected chi connectivity index (χ3v) is 5.52. The molecule has 0 bridgehead atoms. The second-order valence-electron chi connectivity index (χ2n) is 7.68. The lowest BCUT2D eigenvalue weighted by Crippen LogP contribution is -2.39. The highest BCUT2D eigenvalue weighted by Crippen LogP contribution is 2.25. The fraction of sp³-hybridized carbons (Fsp3) is 0.500. The van der Waals surface area contributed by atoms with Gasteiger partial charge in [-0.05, 0) is 49.7 Å². The summed E-state index contributed by atoms with van der Waals surface area (Å²) in [5.74, 6) is 0.682. The minimum absolute atomic E-state index is 0.0722. The van der Waals surface area contributed by atoms with Gasteiger partial charge in [-0.1, -0.05) is 32.0 Å². The number of carbonyl (C=O) groups is 1. The SMILES string of the molecule is CCN(CC)CCOc1ccccc1NC(=O)N(Cc1cccnc1)CC1CCCO1. The number of hydrogen-bond acceptors (Lipinski definition) is 5. The molecule has 1 saturated heterocycles. The zero-order valence-corrected chi connectivity index (χ0v) is 18.6. The van der Waals surface area contributed by atoms with E-state index in [9.17, 15) is 4.79 Å². The van der Waals surface area contributed by atoms with Crippen LogP contribution in [0.4, 0.5) is 10.5 Å². The van der Waals surface area contributed by atoms with Gasteiger partial charge in [-0.3, -0.25) is 4.98 Å². The summed E-state index contributed by atoms with van der Waals surface area (Å²) in [5.41, 5.74) is 1.66. The Morgan fingerprint density at radius 2 is 2.06 bits per heavy atom. The average Bonchev–Trinajstić information content (AvgIpc) is 3.31. The van der Waals surface area contributed by atoms with Crippen molar-refractivity contribution in [3.8, 4) is 5.75 Å². The van der Waals surface area contributed by atoms with Crippen LogP contribution in [0.2, 0.25) is 0 Å². The summed E-state index contributed by atoms with van der Waals surface area (Å²) in [6.07, 6.45) is 5.61. The van der Waals surface area contributed by atoms with E-state index in [1.54, 1.807) is 17.3 Å². The predicted octanol–water partition coefficient (Wildman–Crippen LogP) is 4.02. The maximum Gasteiger partial charge on any atom is 0.322 e. The number of amides is 2. The van der Waals surface area contributed by atoms with Crippen molar-refractivity contribution in [1.29, 1.82) is 0 Å². The van der Waals surface area contributed by atoms with Crippen molar-refractivity contribution in [3.05, 3.63) is 54.4 Å². The van der Waals surface area contributed by atoms with Gasteiger partial charge in [-0.25, -0.2) is 4.79 Å². The summed E-state index contributed by atoms with van der Waals surface area (Å²) in [5, 5.41) is 3.04. The van der Waals surface area contributed by atoms with E-state index in [2.05, 4.69) is 29.0 Å². The van der Waals surface area contributed by atoms with Crippen molar-refractivity contribution in [2.24, 2.45) is 0 Å². The number of rotatable bonds is 11. The topological polar surface area (TPSA) is 66.9 Å². The number of ether oxygens (including phenoxy) is 2. The van der Waals surface area contributed by atoms with Gasteiger partial charge in [0.25, 0.3) is 0 Å². The highest BCUT2D eigenvalue weighted by molar-refractivity contribution is 5.91. The molecule has 1 fully saturated rings. The number of nitrogens with one attached hydrogen (secondary N) is 1. The van der Waals surface area contributed by atoms with Crippen LogP contribution in [0.3, 0.4) is 0 Å². The van der Waals surface area contributed by atoms with Crippen molar-refractivity contribution in [3.63, 3.8) is 0 Å². The predicted molar refractivity (Wildman–Crippen MR) is 122 cm³/mol. The molecular formula is C24H34N4O3. The van der Waals surface area contributed by atoms with Gasteiger partial charge in [0.2, 0.25) is 0 Å². The quantitative estimate of drug-likeness (QED) is 0.588. The Morgan fingerprint density at radius 3 is 2.77 bits per heavy atom. The summed E-state index contributed by atoms with van der Waals surface area (Å²) >= 11 is 0. The van der Waals surface area contributed by atoms with Crippen LogP contribution >= 0.6 is 0 Å². The smallest absolute Gasteiger partial charge is 0.322 e. The van der Waals surface area contributed by atoms with Crippen molar-refractivity contribution in [1.82, 2.24) is 14.8 Å². The van der Waals surface area contributed by atoms with E-state index in [-0.39, 0.29) is 12.1 Å². The first-order valence-corrected chi connectivity index (χ1v) is 11.2. The fourth-order valence-corrected chi connectivity index (χ4v) is 3.68. The van der Waals surface area contributed by atoms with Gasteiger partial charge in [0.15, 0.2) is 0 Å². The molecule has 7 nitrogen and oxygen atoms in total. The highest BCUT2D eigenvalue weighted by Gasteiger charge is 2.23. The second kappa shape index (κ2) is 12.3. The Balaban J connectivity index is 1.66. The van der Waals surface area contributed by atoms with E-state index >= 15 is 0 Å². The van der Waals surface area contributed by atoms with E-state index in [1.165, 1.54) is 0 Å². The molecular weight excluding hydrogens is 392 g/mol. The molecule has 0 radical (unpaired) electrons. The number of pyridine rings is 1. The van der Waals surface area contributed by atoms with E-state index in [0.717, 1.165) is 44.6 Å². The van der Waals surface area contributed by atoms with E-state index in [4.69, 9.17) is 9.47 Å². The number of nitrogens with zero attached hydrogens (tertiary/aromatic N) is 3. The van der Waals surface area contributed by atoms with Gasteiger partial charge >= 0.3 is 6.03 Å². The average molecular weight is 427 g/mol. The van der Waals surface area contributed by atoms with Gasteiger partial charge in [0, 0.05) is 38.6 Å². The monoisotopic (exact) mass is 426 g/mol. The Hall–Kier alpha value is -2.64. The van der Waals surface area contributed by atoms with Crippen LogP contribution < -0.4 is 10.1 Å². The lowest BCUT2D eigenvalue weighted by molar-refractivity contribution is 0.0819. The van der Waals surface area contributed by atoms with E-state index < -0.39 is 0 Å². The van der Waals surface area contributed by atoms with Gasteiger partial charge in [0.1, 0.15) is 12.4 Å². The zero-order chi connectivity index (χ0) is 21.9. The van der Waals surface area contributed by atoms with Crippen LogP contribution in [0.1, 0.15) is 32.3 Å². The van der Waals surface area contributed by atoms with Gasteiger partial charge in [0.05, 0.1) is 11.8 Å². The van der Waals surface area contributed by atoms with Crippen molar-refractivity contribution in [2.45, 2.75) is 39.3 Å². The largest absolute Gasteiger partial charge is 0.490 e. The summed E-state index contributed by atoms with van der Waals surface area (Å²) in [7, 11) is 0. The lowest BCUT2D eigenvalue weighted by Gasteiger charge is -2.26. The van der Waals surface area contributed by atoms with Crippen LogP contribution in [0.5, 0.6) is 5.75 Å². The van der Waals surface area contributed by atoms with Gasteiger partial charge < -0.3 is 24.6 Å². The third-order valence-electron chi connectivity index (χ3n) is 5.52. The number of benzene rings is 1. The highest BCUT2D eigenvalue weighted by atomic mass is 16.5. The second-order valence-corrected chi connectivity index (χ2v) is 7.68. The normalized spacial score (nSPS) is 15.8. The standard InChI is InChI=1S/C24H34N4O3/c1-3-27(4-2)14-16-31-23-12-6-5-11-22(23)26-24(29)28(19-21-10-8-15-30-21)18-20-9-7-13-25-17-20/h5-7,9,11-13,17,21H,3-4,8,10,14-16,18-19H2,1-2H3,(H,26,29). The molecule has 2 amide bonds. The summed E-state index contributed by atoms with van der Waals surface area (Å²) < 4.78 is 11.8. The van der Waals surface area contributed by atoms with Crippen LogP contribution in [-0.4, -0.2) is 66.3 Å². The number of carbonyl (C=O) groups excluding carboxylic acids is 1. The first-order chi connectivity index (χ1) is 15.2. The Bertz CT molecular complexity index is 792. The molecule has 0 spiro atoms. The summed E-state index contributed by atoms with van der Waals surface area (Å²) in [6, 6.07) is 11.3. The number of anilines is 1. The molecule has 1 aliphatic rings. The lowest BCUT2D eigenvalue weighted by atomic mass is 10.2. The van der Waals surface area contributed by atoms with E-state index in [0.29, 0.717) is 31.1 Å². The van der Waals surface area contributed by atoms with Crippen LogP contribution in [0, 0.1) is 0 Å². The fourth-order valence-electron chi connectivity index (χ4n) is 3.68. The summed E-state index contributed by atoms with van der Waals surface area (Å²) in [6.45, 7) is 9.47. The van der Waals surface area contributed by atoms with Crippen LogP contribution in [-0.2, 0) is 11.3 Å². The Labute approximate surface area is 185 Å². The molecule has 0 saturated carbocycles. The molecule has 0 aliphatic carbocycles. The maximum absolute atomic E-state index is 13.2. The molecule has 168 valence electrons. The molecule has 1 N–H and O–H groups in total. The zero-order valence-electron chi connectivity index (χ0n) is 18.6. The number of hydrogen-bond donors (Lipinski definition) is 1. The van der Waals surface area contributed by atoms with Gasteiger partial charge in [-0.15, -0.1) is 0 Å². The first-order valence-electron chi connectivity index (χ1n) is 11.2. The molecule has 7 heteroatoms.